The molecule has 0 unspecified atom stereocenters. The predicted molar refractivity (Wildman–Crippen MR) is 92.5 cm³/mol. The van der Waals surface area contributed by atoms with Gasteiger partial charge >= 0.3 is 5.97 Å². The highest BCUT2D eigenvalue weighted by molar-refractivity contribution is 8.00. The van der Waals surface area contributed by atoms with Crippen molar-refractivity contribution in [2.45, 2.75) is 30.4 Å². The molecule has 6 nitrogen and oxygen atoms in total. The summed E-state index contributed by atoms with van der Waals surface area (Å²) in [6.45, 7) is 1.38. The van der Waals surface area contributed by atoms with Crippen LogP contribution in [0.25, 0.3) is 0 Å². The number of nitrogens with zero attached hydrogens (tertiary/aromatic N) is 1. The van der Waals surface area contributed by atoms with Crippen LogP contribution in [-0.2, 0) is 24.2 Å². The maximum absolute atomic E-state index is 13.5. The van der Waals surface area contributed by atoms with E-state index in [0.29, 0.717) is 6.42 Å². The summed E-state index contributed by atoms with van der Waals surface area (Å²) in [5, 5.41) is 0. The number of likely N-dealkylation sites (N-methyl/N-ethyl adjacent to an activating group) is 1. The van der Waals surface area contributed by atoms with E-state index in [4.69, 9.17) is 4.74 Å². The average molecular weight is 407 g/mol. The fourth-order valence-corrected chi connectivity index (χ4v) is 5.07. The fourth-order valence-electron chi connectivity index (χ4n) is 2.55. The number of rotatable bonds is 6. The summed E-state index contributed by atoms with van der Waals surface area (Å²) < 4.78 is 54.6. The van der Waals surface area contributed by atoms with Crippen LogP contribution in [0.5, 0.6) is 0 Å². The van der Waals surface area contributed by atoms with Gasteiger partial charge in [0.1, 0.15) is 11.6 Å². The quantitative estimate of drug-likeness (QED) is 0.527. The third-order valence-corrected chi connectivity index (χ3v) is 6.75. The van der Waals surface area contributed by atoms with Crippen molar-refractivity contribution in [3.8, 4) is 0 Å². The van der Waals surface area contributed by atoms with Gasteiger partial charge in [-0.15, -0.1) is 11.8 Å². The third-order valence-electron chi connectivity index (χ3n) is 4.00. The Kier molecular flexibility index (Phi) is 6.62. The normalized spacial score (nSPS) is 19.8. The Labute approximate surface area is 154 Å². The molecule has 144 valence electrons. The van der Waals surface area contributed by atoms with Gasteiger partial charge in [-0.05, 0) is 31.5 Å². The van der Waals surface area contributed by atoms with Gasteiger partial charge < -0.3 is 9.64 Å². The molecule has 2 atom stereocenters. The van der Waals surface area contributed by atoms with Gasteiger partial charge in [-0.1, -0.05) is 0 Å². The molecule has 1 aliphatic heterocycles. The lowest BCUT2D eigenvalue weighted by atomic mass is 10.2. The number of hydrogen-bond acceptors (Lipinski definition) is 6. The van der Waals surface area contributed by atoms with Gasteiger partial charge in [0.2, 0.25) is 0 Å². The molecule has 26 heavy (non-hydrogen) atoms. The van der Waals surface area contributed by atoms with Crippen molar-refractivity contribution >= 4 is 33.5 Å². The van der Waals surface area contributed by atoms with Crippen LogP contribution in [0.2, 0.25) is 0 Å². The Morgan fingerprint density at radius 2 is 2.08 bits per heavy atom. The zero-order valence-electron chi connectivity index (χ0n) is 14.3. The summed E-state index contributed by atoms with van der Waals surface area (Å²) in [6.07, 6.45) is -0.756. The molecule has 0 spiro atoms. The molecule has 10 heteroatoms. The van der Waals surface area contributed by atoms with Crippen LogP contribution in [-0.4, -0.2) is 61.6 Å². The summed E-state index contributed by atoms with van der Waals surface area (Å²) in [6, 6.07) is 2.46. The monoisotopic (exact) mass is 407 g/mol. The Morgan fingerprint density at radius 3 is 2.69 bits per heavy atom. The molecular formula is C16H19F2NO5S2. The number of benzene rings is 1. The van der Waals surface area contributed by atoms with Gasteiger partial charge in [0, 0.05) is 18.0 Å². The highest BCUT2D eigenvalue weighted by Crippen LogP contribution is 2.23. The van der Waals surface area contributed by atoms with Crippen LogP contribution in [0.1, 0.15) is 13.3 Å². The molecule has 1 aromatic carbocycles. The summed E-state index contributed by atoms with van der Waals surface area (Å²) in [5.41, 5.74) is 0. The van der Waals surface area contributed by atoms with Crippen molar-refractivity contribution in [2.75, 3.05) is 24.3 Å². The van der Waals surface area contributed by atoms with E-state index < -0.39 is 45.5 Å². The molecule has 0 saturated carbocycles. The Bertz CT molecular complexity index is 800. The molecule has 0 aliphatic carbocycles. The van der Waals surface area contributed by atoms with Crippen LogP contribution in [0.15, 0.2) is 23.1 Å². The zero-order valence-corrected chi connectivity index (χ0v) is 15.9. The highest BCUT2D eigenvalue weighted by atomic mass is 32.2. The van der Waals surface area contributed by atoms with Crippen molar-refractivity contribution in [3.05, 3.63) is 29.8 Å². The number of carbonyl (C=O) groups is 2. The molecule has 1 saturated heterocycles. The summed E-state index contributed by atoms with van der Waals surface area (Å²) in [4.78, 5) is 25.4. The average Bonchev–Trinajstić information content (AvgIpc) is 2.94. The van der Waals surface area contributed by atoms with E-state index >= 15 is 0 Å². The standard InChI is InChI=1S/C16H19F2NO5S2/c1-10(16(21)19(2)12-5-6-26(22,23)9-12)24-15(20)8-25-14-7-11(17)3-4-13(14)18/h3-4,7,10,12H,5-6,8-9H2,1-2H3/t10-,12+/m1/s1. The second-order valence-electron chi connectivity index (χ2n) is 6.00. The van der Waals surface area contributed by atoms with Gasteiger partial charge in [-0.2, -0.15) is 0 Å². The minimum atomic E-state index is -3.14. The Balaban J connectivity index is 1.86. The van der Waals surface area contributed by atoms with Crippen molar-refractivity contribution in [1.82, 2.24) is 4.90 Å². The summed E-state index contributed by atoms with van der Waals surface area (Å²) in [5.74, 6) is -2.92. The lowest BCUT2D eigenvalue weighted by molar-refractivity contribution is -0.157. The second kappa shape index (κ2) is 8.34. The fraction of sp³-hybridized carbons (Fsp3) is 0.500. The van der Waals surface area contributed by atoms with Crippen LogP contribution < -0.4 is 0 Å². The number of thioether (sulfide) groups is 1. The summed E-state index contributed by atoms with van der Waals surface area (Å²) >= 11 is 0.763. The first-order chi connectivity index (χ1) is 12.1. The van der Waals surface area contributed by atoms with Crippen LogP contribution >= 0.6 is 11.8 Å². The molecule has 1 amide bonds. The van der Waals surface area contributed by atoms with Gasteiger partial charge in [-0.25, -0.2) is 17.2 Å². The number of sulfone groups is 1. The summed E-state index contributed by atoms with van der Waals surface area (Å²) in [7, 11) is -1.67. The van der Waals surface area contributed by atoms with Gasteiger partial charge in [0.25, 0.3) is 5.91 Å². The van der Waals surface area contributed by atoms with E-state index in [0.717, 1.165) is 30.0 Å². The van der Waals surface area contributed by atoms with E-state index in [1.54, 1.807) is 0 Å². The molecule has 0 N–H and O–H groups in total. The van der Waals surface area contributed by atoms with E-state index in [1.807, 2.05) is 0 Å². The van der Waals surface area contributed by atoms with E-state index in [2.05, 4.69) is 0 Å². The second-order valence-corrected chi connectivity index (χ2v) is 9.25. The Hall–Kier alpha value is -1.68. The number of amides is 1. The SMILES string of the molecule is C[C@@H](OC(=O)CSc1cc(F)ccc1F)C(=O)N(C)[C@H]1CCS(=O)(=O)C1. The first-order valence-corrected chi connectivity index (χ1v) is 10.6. The topological polar surface area (TPSA) is 80.8 Å². The van der Waals surface area contributed by atoms with E-state index in [-0.39, 0.29) is 22.2 Å². The van der Waals surface area contributed by atoms with E-state index in [9.17, 15) is 26.8 Å². The highest BCUT2D eigenvalue weighted by Gasteiger charge is 2.34. The van der Waals surface area contributed by atoms with Gasteiger partial charge in [-0.3, -0.25) is 9.59 Å². The number of esters is 1. The molecule has 2 rings (SSSR count). The van der Waals surface area contributed by atoms with Gasteiger partial charge in [0.05, 0.1) is 17.3 Å². The molecule has 1 heterocycles. The smallest absolute Gasteiger partial charge is 0.317 e. The predicted octanol–water partition coefficient (Wildman–Crippen LogP) is 1.63. The molecule has 1 aromatic rings. The third kappa shape index (κ3) is 5.41. The molecular weight excluding hydrogens is 388 g/mol. The minimum Gasteiger partial charge on any atom is -0.452 e. The van der Waals surface area contributed by atoms with Crippen molar-refractivity contribution in [3.63, 3.8) is 0 Å². The zero-order chi connectivity index (χ0) is 19.5. The molecule has 1 aliphatic rings. The first kappa shape index (κ1) is 20.6. The lowest BCUT2D eigenvalue weighted by Gasteiger charge is -2.26. The van der Waals surface area contributed by atoms with Crippen LogP contribution in [0, 0.1) is 11.6 Å². The molecule has 0 radical (unpaired) electrons. The first-order valence-electron chi connectivity index (χ1n) is 7.83. The number of halogens is 2. The van der Waals surface area contributed by atoms with Crippen molar-refractivity contribution < 1.29 is 31.5 Å². The van der Waals surface area contributed by atoms with Crippen LogP contribution in [0.4, 0.5) is 8.78 Å². The maximum Gasteiger partial charge on any atom is 0.317 e. The van der Waals surface area contributed by atoms with Gasteiger partial charge in [0.15, 0.2) is 15.9 Å². The number of hydrogen-bond donors (Lipinski definition) is 0. The lowest BCUT2D eigenvalue weighted by Crippen LogP contribution is -2.44. The minimum absolute atomic E-state index is 0.0271. The maximum atomic E-state index is 13.5. The Morgan fingerprint density at radius 1 is 1.38 bits per heavy atom. The van der Waals surface area contributed by atoms with E-state index in [1.165, 1.54) is 18.9 Å². The molecule has 0 aromatic heterocycles. The number of ether oxygens (including phenoxy) is 1. The number of carbonyl (C=O) groups excluding carboxylic acids is 2. The van der Waals surface area contributed by atoms with Crippen LogP contribution in [0.3, 0.4) is 0 Å². The molecule has 1 fully saturated rings. The van der Waals surface area contributed by atoms with Crippen molar-refractivity contribution in [2.24, 2.45) is 0 Å². The molecule has 0 bridgehead atoms. The largest absolute Gasteiger partial charge is 0.452 e. The van der Waals surface area contributed by atoms with Crippen molar-refractivity contribution in [1.29, 1.82) is 0 Å².